The molecule has 0 saturated carbocycles. The third-order valence-corrected chi connectivity index (χ3v) is 6.77. The summed E-state index contributed by atoms with van der Waals surface area (Å²) in [6, 6.07) is 21.7. The van der Waals surface area contributed by atoms with Crippen LogP contribution in [0.3, 0.4) is 0 Å². The van der Waals surface area contributed by atoms with Gasteiger partial charge in [0.15, 0.2) is 11.5 Å². The minimum Gasteiger partial charge on any atom is -0.486 e. The van der Waals surface area contributed by atoms with Gasteiger partial charge in [0, 0.05) is 41.9 Å². The van der Waals surface area contributed by atoms with Crippen LogP contribution in [0.4, 0.5) is 5.69 Å². The van der Waals surface area contributed by atoms with E-state index >= 15 is 0 Å². The van der Waals surface area contributed by atoms with Crippen LogP contribution < -0.4 is 14.4 Å². The number of halogens is 1. The maximum Gasteiger partial charge on any atom is 0.258 e. The molecular formula is C28H29ClN2O3. The van der Waals surface area contributed by atoms with Crippen molar-refractivity contribution in [2.24, 2.45) is 0 Å². The van der Waals surface area contributed by atoms with Gasteiger partial charge in [-0.25, -0.2) is 0 Å². The first-order valence-electron chi connectivity index (χ1n) is 11.8. The summed E-state index contributed by atoms with van der Waals surface area (Å²) in [5, 5.41) is 0.573. The Morgan fingerprint density at radius 1 is 0.971 bits per heavy atom. The molecule has 0 bridgehead atoms. The standard InChI is InChI=1S/C28H29ClN2O3/c1-20-5-8-24(9-6-20)31(28(32)22-3-2-4-23(29)18-22)25-11-13-30(14-12-25)19-21-7-10-26-27(17-21)34-16-15-33-26/h2-10,17-18,25H,11-16,19H2,1H3. The predicted molar refractivity (Wildman–Crippen MR) is 135 cm³/mol. The van der Waals surface area contributed by atoms with Gasteiger partial charge in [0.25, 0.3) is 5.91 Å². The number of piperidine rings is 1. The highest BCUT2D eigenvalue weighted by Gasteiger charge is 2.30. The maximum absolute atomic E-state index is 13.6. The second kappa shape index (κ2) is 10.1. The van der Waals surface area contributed by atoms with Crippen molar-refractivity contribution in [3.63, 3.8) is 0 Å². The van der Waals surface area contributed by atoms with Gasteiger partial charge in [0.2, 0.25) is 0 Å². The lowest BCUT2D eigenvalue weighted by Crippen LogP contribution is -2.47. The number of amides is 1. The summed E-state index contributed by atoms with van der Waals surface area (Å²) in [6.45, 7) is 5.95. The zero-order chi connectivity index (χ0) is 23.5. The lowest BCUT2D eigenvalue weighted by molar-refractivity contribution is 0.0958. The summed E-state index contributed by atoms with van der Waals surface area (Å²) >= 11 is 6.19. The number of anilines is 1. The molecule has 2 heterocycles. The van der Waals surface area contributed by atoms with Crippen molar-refractivity contribution in [3.05, 3.63) is 88.4 Å². The zero-order valence-corrected chi connectivity index (χ0v) is 20.1. The minimum atomic E-state index is -0.00311. The van der Waals surface area contributed by atoms with Gasteiger partial charge in [-0.15, -0.1) is 0 Å². The van der Waals surface area contributed by atoms with E-state index in [1.807, 2.05) is 35.2 Å². The van der Waals surface area contributed by atoms with E-state index in [0.29, 0.717) is 23.8 Å². The van der Waals surface area contributed by atoms with Gasteiger partial charge < -0.3 is 14.4 Å². The SMILES string of the molecule is Cc1ccc(N(C(=O)c2cccc(Cl)c2)C2CCN(Cc3ccc4c(c3)OCCO4)CC2)cc1. The molecule has 34 heavy (non-hydrogen) atoms. The molecule has 176 valence electrons. The number of carbonyl (C=O) groups is 1. The second-order valence-corrected chi connectivity index (χ2v) is 9.44. The van der Waals surface area contributed by atoms with Crippen molar-refractivity contribution in [2.45, 2.75) is 32.4 Å². The van der Waals surface area contributed by atoms with Crippen LogP contribution in [0.2, 0.25) is 5.02 Å². The number of likely N-dealkylation sites (tertiary alicyclic amines) is 1. The van der Waals surface area contributed by atoms with E-state index < -0.39 is 0 Å². The van der Waals surface area contributed by atoms with Gasteiger partial charge in [-0.3, -0.25) is 9.69 Å². The highest BCUT2D eigenvalue weighted by atomic mass is 35.5. The average Bonchev–Trinajstić information content (AvgIpc) is 2.86. The van der Waals surface area contributed by atoms with Gasteiger partial charge in [0.05, 0.1) is 0 Å². The molecule has 0 atom stereocenters. The molecule has 6 heteroatoms. The molecule has 5 rings (SSSR count). The molecule has 1 saturated heterocycles. The third-order valence-electron chi connectivity index (χ3n) is 6.54. The average molecular weight is 477 g/mol. The Morgan fingerprint density at radius 3 is 2.44 bits per heavy atom. The van der Waals surface area contributed by atoms with Gasteiger partial charge >= 0.3 is 0 Å². The molecule has 3 aromatic rings. The number of hydrogen-bond donors (Lipinski definition) is 0. The predicted octanol–water partition coefficient (Wildman–Crippen LogP) is 5.73. The molecule has 0 unspecified atom stereocenters. The van der Waals surface area contributed by atoms with Crippen molar-refractivity contribution in [1.29, 1.82) is 0 Å². The van der Waals surface area contributed by atoms with Crippen LogP contribution in [0.15, 0.2) is 66.7 Å². The molecule has 0 N–H and O–H groups in total. The first kappa shape index (κ1) is 22.8. The van der Waals surface area contributed by atoms with Crippen LogP contribution in [0.25, 0.3) is 0 Å². The molecule has 1 amide bonds. The van der Waals surface area contributed by atoms with E-state index in [0.717, 1.165) is 49.7 Å². The summed E-state index contributed by atoms with van der Waals surface area (Å²) in [5.41, 5.74) is 3.94. The fraction of sp³-hybridized carbons (Fsp3) is 0.321. The van der Waals surface area contributed by atoms with Gasteiger partial charge in [0.1, 0.15) is 13.2 Å². The molecule has 1 fully saturated rings. The number of fused-ring (bicyclic) bond motifs is 1. The van der Waals surface area contributed by atoms with Gasteiger partial charge in [-0.2, -0.15) is 0 Å². The summed E-state index contributed by atoms with van der Waals surface area (Å²) in [4.78, 5) is 18.0. The normalized spacial score (nSPS) is 16.3. The van der Waals surface area contributed by atoms with Crippen LogP contribution in [-0.4, -0.2) is 43.2 Å². The van der Waals surface area contributed by atoms with E-state index in [1.165, 1.54) is 11.1 Å². The van der Waals surface area contributed by atoms with Crippen LogP contribution in [0, 0.1) is 6.92 Å². The summed E-state index contributed by atoms with van der Waals surface area (Å²) in [5.74, 6) is 1.65. The quantitative estimate of drug-likeness (QED) is 0.471. The number of rotatable bonds is 5. The first-order chi connectivity index (χ1) is 16.6. The fourth-order valence-electron chi connectivity index (χ4n) is 4.74. The number of hydrogen-bond acceptors (Lipinski definition) is 4. The Balaban J connectivity index is 1.30. The lowest BCUT2D eigenvalue weighted by atomic mass is 10.00. The molecule has 0 aromatic heterocycles. The molecule has 0 spiro atoms. The second-order valence-electron chi connectivity index (χ2n) is 9.01. The van der Waals surface area contributed by atoms with Crippen molar-refractivity contribution < 1.29 is 14.3 Å². The van der Waals surface area contributed by atoms with Crippen molar-refractivity contribution in [2.75, 3.05) is 31.2 Å². The number of aryl methyl sites for hydroxylation is 1. The Kier molecular flexibility index (Phi) is 6.75. The molecule has 5 nitrogen and oxygen atoms in total. The van der Waals surface area contributed by atoms with Crippen molar-refractivity contribution >= 4 is 23.2 Å². The molecule has 2 aliphatic rings. The summed E-state index contributed by atoms with van der Waals surface area (Å²) in [7, 11) is 0. The van der Waals surface area contributed by atoms with E-state index in [4.69, 9.17) is 21.1 Å². The molecule has 3 aromatic carbocycles. The van der Waals surface area contributed by atoms with Gasteiger partial charge in [-0.1, -0.05) is 41.4 Å². The maximum atomic E-state index is 13.6. The topological polar surface area (TPSA) is 42.0 Å². The largest absolute Gasteiger partial charge is 0.486 e. The number of benzene rings is 3. The molecular weight excluding hydrogens is 448 g/mol. The summed E-state index contributed by atoms with van der Waals surface area (Å²) in [6.07, 6.45) is 1.81. The summed E-state index contributed by atoms with van der Waals surface area (Å²) < 4.78 is 11.4. The Hall–Kier alpha value is -3.02. The van der Waals surface area contributed by atoms with E-state index in [1.54, 1.807) is 12.1 Å². The number of nitrogens with zero attached hydrogens (tertiary/aromatic N) is 2. The Labute approximate surface area is 205 Å². The van der Waals surface area contributed by atoms with Crippen LogP contribution in [0.5, 0.6) is 11.5 Å². The monoisotopic (exact) mass is 476 g/mol. The highest BCUT2D eigenvalue weighted by molar-refractivity contribution is 6.31. The molecule has 0 radical (unpaired) electrons. The smallest absolute Gasteiger partial charge is 0.258 e. The first-order valence-corrected chi connectivity index (χ1v) is 12.2. The van der Waals surface area contributed by atoms with E-state index in [-0.39, 0.29) is 11.9 Å². The Bertz CT molecular complexity index is 1160. The number of carbonyl (C=O) groups excluding carboxylic acids is 1. The van der Waals surface area contributed by atoms with E-state index in [2.05, 4.69) is 36.1 Å². The van der Waals surface area contributed by atoms with Crippen LogP contribution in [0.1, 0.15) is 34.3 Å². The van der Waals surface area contributed by atoms with E-state index in [9.17, 15) is 4.79 Å². The lowest BCUT2D eigenvalue weighted by Gasteiger charge is -2.39. The highest BCUT2D eigenvalue weighted by Crippen LogP contribution is 2.32. The van der Waals surface area contributed by atoms with Gasteiger partial charge in [-0.05, 0) is 67.8 Å². The van der Waals surface area contributed by atoms with Crippen molar-refractivity contribution in [1.82, 2.24) is 4.90 Å². The minimum absolute atomic E-state index is 0.00311. The molecule has 0 aliphatic carbocycles. The van der Waals surface area contributed by atoms with Crippen LogP contribution in [-0.2, 0) is 6.54 Å². The zero-order valence-electron chi connectivity index (χ0n) is 19.4. The fourth-order valence-corrected chi connectivity index (χ4v) is 4.93. The number of ether oxygens (including phenoxy) is 2. The Morgan fingerprint density at radius 2 is 1.71 bits per heavy atom. The molecule has 2 aliphatic heterocycles. The third kappa shape index (κ3) is 5.06. The van der Waals surface area contributed by atoms with Crippen LogP contribution >= 0.6 is 11.6 Å². The van der Waals surface area contributed by atoms with Crippen molar-refractivity contribution in [3.8, 4) is 11.5 Å².